The van der Waals surface area contributed by atoms with Crippen molar-refractivity contribution in [3.05, 3.63) is 55.3 Å². The Labute approximate surface area is 214 Å². The molecular formula is C21H21N7O8S. The zero-order valence-electron chi connectivity index (χ0n) is 20.1. The highest BCUT2D eigenvalue weighted by atomic mass is 32.2. The van der Waals surface area contributed by atoms with Gasteiger partial charge in [0, 0.05) is 25.6 Å². The number of nitrogens with one attached hydrogen (secondary N) is 1. The van der Waals surface area contributed by atoms with Crippen LogP contribution in [0.4, 0.5) is 34.1 Å². The summed E-state index contributed by atoms with van der Waals surface area (Å²) in [6.45, 7) is 10.3. The molecule has 0 atom stereocenters. The Kier molecular flexibility index (Phi) is 9.83. The maximum Gasteiger partial charge on any atom is 0.325 e. The highest BCUT2D eigenvalue weighted by Crippen LogP contribution is 2.43. The van der Waals surface area contributed by atoms with E-state index in [0.29, 0.717) is 30.2 Å². The Hall–Kier alpha value is -4.78. The molecule has 0 fully saturated rings. The van der Waals surface area contributed by atoms with Gasteiger partial charge in [-0.25, -0.2) is 10.8 Å². The van der Waals surface area contributed by atoms with Gasteiger partial charge in [-0.05, 0) is 13.0 Å². The summed E-state index contributed by atoms with van der Waals surface area (Å²) in [6, 6.07) is 4.61. The number of nitrogens with zero attached hydrogens (tertiary/aromatic N) is 6. The van der Waals surface area contributed by atoms with E-state index in [-0.39, 0.29) is 34.3 Å². The number of likely N-dealkylation sites (N-methyl/N-ethyl adjacent to an activating group) is 1. The Morgan fingerprint density at radius 3 is 2.27 bits per heavy atom. The molecule has 2 aromatic carbocycles. The van der Waals surface area contributed by atoms with Gasteiger partial charge in [0.15, 0.2) is 10.6 Å². The number of rotatable bonds is 11. The Bertz CT molecular complexity index is 1310. The van der Waals surface area contributed by atoms with Crippen molar-refractivity contribution in [3.63, 3.8) is 0 Å². The fourth-order valence-electron chi connectivity index (χ4n) is 3.07. The van der Waals surface area contributed by atoms with Gasteiger partial charge in [0.25, 0.3) is 5.69 Å². The van der Waals surface area contributed by atoms with Gasteiger partial charge in [-0.2, -0.15) is 0 Å². The van der Waals surface area contributed by atoms with E-state index < -0.39 is 33.1 Å². The molecule has 194 valence electrons. The third-order valence-electron chi connectivity index (χ3n) is 4.74. The molecule has 0 spiro atoms. The fraction of sp³-hybridized carbons (Fsp3) is 0.286. The molecule has 16 heteroatoms. The molecule has 1 amide bonds. The summed E-state index contributed by atoms with van der Waals surface area (Å²) in [4.78, 5) is 46.3. The lowest BCUT2D eigenvalue weighted by molar-refractivity contribution is -0.395. The molecule has 0 saturated carbocycles. The van der Waals surface area contributed by atoms with Gasteiger partial charge in [-0.15, -0.1) is 10.2 Å². The number of azo groups is 1. The molecule has 37 heavy (non-hydrogen) atoms. The summed E-state index contributed by atoms with van der Waals surface area (Å²) >= 11 is 0.424. The minimum absolute atomic E-state index is 0.0388. The van der Waals surface area contributed by atoms with Crippen LogP contribution in [-0.4, -0.2) is 49.0 Å². The predicted molar refractivity (Wildman–Crippen MR) is 134 cm³/mol. The fourth-order valence-corrected chi connectivity index (χ4v) is 3.56. The molecule has 0 unspecified atom stereocenters. The molecule has 2 rings (SSSR count). The second kappa shape index (κ2) is 12.8. The van der Waals surface area contributed by atoms with Crippen molar-refractivity contribution in [1.82, 2.24) is 0 Å². The van der Waals surface area contributed by atoms with Crippen LogP contribution in [0.2, 0.25) is 0 Å². The van der Waals surface area contributed by atoms with Gasteiger partial charge in [0.1, 0.15) is 18.0 Å². The number of nitro groups is 2. The number of benzene rings is 2. The van der Waals surface area contributed by atoms with Crippen LogP contribution in [0, 0.1) is 26.8 Å². The molecule has 0 heterocycles. The van der Waals surface area contributed by atoms with Crippen molar-refractivity contribution in [1.29, 1.82) is 0 Å². The number of ether oxygens (including phenoxy) is 2. The molecule has 0 aliphatic heterocycles. The standard InChI is InChI=1S/C21H21N7O8S/c1-6-26(11-21(30)36-5)17-7-13(23-12(2)29)14(8-19(17)35-4)24-25-15-9-20(37-22-3)18(28(33)34)10-16(15)27(31)32/h7-10H,6,11H2,1-2,4-5H3,(H,23,29). The van der Waals surface area contributed by atoms with Crippen LogP contribution in [0.5, 0.6) is 5.75 Å². The maximum atomic E-state index is 11.8. The summed E-state index contributed by atoms with van der Waals surface area (Å²) in [5.41, 5.74) is -1.06. The molecular weight excluding hydrogens is 510 g/mol. The number of carbonyl (C=O) groups excluding carboxylic acids is 2. The van der Waals surface area contributed by atoms with E-state index in [1.165, 1.54) is 33.3 Å². The number of methoxy groups -OCH3 is 2. The van der Waals surface area contributed by atoms with Crippen LogP contribution < -0.4 is 15.0 Å². The van der Waals surface area contributed by atoms with Gasteiger partial charge in [-0.1, -0.05) is 0 Å². The van der Waals surface area contributed by atoms with E-state index in [1.807, 2.05) is 0 Å². The van der Waals surface area contributed by atoms with Crippen molar-refractivity contribution in [2.75, 3.05) is 37.5 Å². The number of nitro benzene ring substituents is 2. The number of amides is 1. The molecule has 0 aliphatic carbocycles. The van der Waals surface area contributed by atoms with Gasteiger partial charge in [0.2, 0.25) is 5.91 Å². The van der Waals surface area contributed by atoms with Gasteiger partial charge in [0.05, 0.1) is 41.5 Å². The number of hydrogen-bond donors (Lipinski definition) is 1. The normalized spacial score (nSPS) is 10.5. The molecule has 0 radical (unpaired) electrons. The van der Waals surface area contributed by atoms with E-state index in [4.69, 9.17) is 16.0 Å². The summed E-state index contributed by atoms with van der Waals surface area (Å²) in [6.07, 6.45) is 0. The summed E-state index contributed by atoms with van der Waals surface area (Å²) in [5.74, 6) is -0.718. The van der Waals surface area contributed by atoms with Crippen molar-refractivity contribution in [2.45, 2.75) is 18.7 Å². The molecule has 0 aliphatic rings. The van der Waals surface area contributed by atoms with Crippen molar-refractivity contribution >= 4 is 57.9 Å². The Balaban J connectivity index is 2.70. The van der Waals surface area contributed by atoms with Gasteiger partial charge >= 0.3 is 23.6 Å². The van der Waals surface area contributed by atoms with E-state index in [1.54, 1.807) is 11.8 Å². The third kappa shape index (κ3) is 7.11. The lowest BCUT2D eigenvalue weighted by Gasteiger charge is -2.25. The van der Waals surface area contributed by atoms with Gasteiger partial charge < -0.3 is 19.7 Å². The topological polar surface area (TPSA) is 183 Å². The maximum absolute atomic E-state index is 11.8. The van der Waals surface area contributed by atoms with E-state index in [0.717, 1.165) is 6.07 Å². The summed E-state index contributed by atoms with van der Waals surface area (Å²) in [5, 5.41) is 33.3. The second-order valence-electron chi connectivity index (χ2n) is 7.02. The minimum Gasteiger partial charge on any atom is -0.494 e. The van der Waals surface area contributed by atoms with E-state index in [9.17, 15) is 29.8 Å². The van der Waals surface area contributed by atoms with Crippen molar-refractivity contribution < 1.29 is 28.9 Å². The molecule has 0 saturated heterocycles. The summed E-state index contributed by atoms with van der Waals surface area (Å²) < 4.78 is 13.2. The summed E-state index contributed by atoms with van der Waals surface area (Å²) in [7, 11) is 2.62. The number of esters is 1. The first-order valence-electron chi connectivity index (χ1n) is 10.3. The number of hydrogen-bond acceptors (Lipinski definition) is 12. The first-order valence-corrected chi connectivity index (χ1v) is 11.1. The van der Waals surface area contributed by atoms with Crippen LogP contribution in [0.1, 0.15) is 13.8 Å². The zero-order chi connectivity index (χ0) is 27.7. The quantitative estimate of drug-likeness (QED) is 0.105. The first kappa shape index (κ1) is 28.5. The van der Waals surface area contributed by atoms with Gasteiger partial charge in [-0.3, -0.25) is 29.8 Å². The van der Waals surface area contributed by atoms with Crippen LogP contribution in [0.3, 0.4) is 0 Å². The largest absolute Gasteiger partial charge is 0.494 e. The third-order valence-corrected chi connectivity index (χ3v) is 5.35. The Morgan fingerprint density at radius 2 is 1.76 bits per heavy atom. The highest BCUT2D eigenvalue weighted by Gasteiger charge is 2.28. The highest BCUT2D eigenvalue weighted by molar-refractivity contribution is 8.01. The van der Waals surface area contributed by atoms with Crippen molar-refractivity contribution in [3.8, 4) is 5.75 Å². The van der Waals surface area contributed by atoms with E-state index in [2.05, 4.69) is 19.8 Å². The van der Waals surface area contributed by atoms with Crippen LogP contribution >= 0.6 is 11.9 Å². The predicted octanol–water partition coefficient (Wildman–Crippen LogP) is 4.81. The molecule has 0 bridgehead atoms. The van der Waals surface area contributed by atoms with Crippen LogP contribution in [0.15, 0.2) is 39.4 Å². The zero-order valence-corrected chi connectivity index (χ0v) is 20.9. The monoisotopic (exact) mass is 531 g/mol. The first-order chi connectivity index (χ1) is 17.6. The van der Waals surface area contributed by atoms with Crippen LogP contribution in [-0.2, 0) is 14.3 Å². The lowest BCUT2D eigenvalue weighted by atomic mass is 10.2. The lowest BCUT2D eigenvalue weighted by Crippen LogP contribution is -2.30. The number of anilines is 2. The smallest absolute Gasteiger partial charge is 0.325 e. The minimum atomic E-state index is -0.863. The number of carbonyl (C=O) groups is 2. The molecule has 0 aromatic heterocycles. The van der Waals surface area contributed by atoms with Crippen LogP contribution in [0.25, 0.3) is 4.25 Å². The molecule has 15 nitrogen and oxygen atoms in total. The van der Waals surface area contributed by atoms with E-state index >= 15 is 0 Å². The van der Waals surface area contributed by atoms with Crippen molar-refractivity contribution in [2.24, 2.45) is 10.2 Å². The molecule has 1 N–H and O–H groups in total. The average molecular weight is 532 g/mol. The second-order valence-corrected chi connectivity index (χ2v) is 7.82. The SMILES string of the molecule is [C-]#[N+]Sc1cc(N=Nc2cc(OC)c(N(CC)CC(=O)OC)cc2NC(C)=O)c([N+](=O)[O-])cc1[N+](=O)[O-]. The Morgan fingerprint density at radius 1 is 1.11 bits per heavy atom. The average Bonchev–Trinajstić information content (AvgIpc) is 2.85. The molecule has 2 aromatic rings.